The molecule has 0 atom stereocenters. The minimum absolute atomic E-state index is 0.110. The third-order valence-electron chi connectivity index (χ3n) is 4.61. The lowest BCUT2D eigenvalue weighted by molar-refractivity contribution is 0.0710. The summed E-state index contributed by atoms with van der Waals surface area (Å²) in [4.78, 5) is 21.7. The van der Waals surface area contributed by atoms with E-state index in [4.69, 9.17) is 4.74 Å². The lowest BCUT2D eigenvalue weighted by atomic mass is 10.3. The van der Waals surface area contributed by atoms with Gasteiger partial charge >= 0.3 is 0 Å². The number of thiophene rings is 1. The molecule has 0 aliphatic carbocycles. The van der Waals surface area contributed by atoms with E-state index in [0.717, 1.165) is 68.5 Å². The average Bonchev–Trinajstić information content (AvgIpc) is 2.99. The van der Waals surface area contributed by atoms with Gasteiger partial charge in [-0.05, 0) is 26.0 Å². The van der Waals surface area contributed by atoms with Gasteiger partial charge in [-0.2, -0.15) is 0 Å². The van der Waals surface area contributed by atoms with Gasteiger partial charge in [-0.3, -0.25) is 9.69 Å². The zero-order valence-corrected chi connectivity index (χ0v) is 16.3. The van der Waals surface area contributed by atoms with E-state index in [1.165, 1.54) is 11.3 Å². The molecule has 1 aromatic heterocycles. The maximum Gasteiger partial charge on any atom is 0.267 e. The number of hydrogen-bond donors (Lipinski definition) is 0. The highest BCUT2D eigenvalue weighted by molar-refractivity contribution is 7.14. The third-order valence-corrected chi connectivity index (χ3v) is 5.63. The molecule has 0 N–H and O–H groups in total. The molecule has 0 spiro atoms. The molecule has 5 nitrogen and oxygen atoms in total. The van der Waals surface area contributed by atoms with Gasteiger partial charge < -0.3 is 14.5 Å². The summed E-state index contributed by atoms with van der Waals surface area (Å²) in [5.41, 5.74) is 0. The topological polar surface area (TPSA) is 36.0 Å². The normalized spacial score (nSPS) is 16.3. The van der Waals surface area contributed by atoms with Crippen molar-refractivity contribution in [3.8, 4) is 5.75 Å². The molecule has 0 saturated carbocycles. The second-order valence-corrected chi connectivity index (χ2v) is 7.58. The quantitative estimate of drug-likeness (QED) is 0.720. The monoisotopic (exact) mass is 353 g/mol. The predicted molar refractivity (Wildman–Crippen MR) is 100 cm³/mol. The molecule has 2 heterocycles. The molecule has 1 saturated heterocycles. The summed E-state index contributed by atoms with van der Waals surface area (Å²) in [6.07, 6.45) is 0.974. The first kappa shape index (κ1) is 19.2. The summed E-state index contributed by atoms with van der Waals surface area (Å²) in [6.45, 7) is 14.5. The van der Waals surface area contributed by atoms with Crippen molar-refractivity contribution < 1.29 is 9.53 Å². The molecule has 1 amide bonds. The smallest absolute Gasteiger partial charge is 0.267 e. The van der Waals surface area contributed by atoms with Crippen LogP contribution in [0.5, 0.6) is 5.75 Å². The highest BCUT2D eigenvalue weighted by Gasteiger charge is 2.23. The number of piperazine rings is 1. The van der Waals surface area contributed by atoms with Crippen molar-refractivity contribution in [3.05, 3.63) is 15.8 Å². The Morgan fingerprint density at radius 3 is 2.46 bits per heavy atom. The summed E-state index contributed by atoms with van der Waals surface area (Å²) >= 11 is 1.53. The Kier molecular flexibility index (Phi) is 7.52. The van der Waals surface area contributed by atoms with Gasteiger partial charge in [0.1, 0.15) is 10.6 Å². The van der Waals surface area contributed by atoms with Crippen LogP contribution in [0.3, 0.4) is 0 Å². The first-order chi connectivity index (χ1) is 11.6. The maximum absolute atomic E-state index is 12.9. The van der Waals surface area contributed by atoms with E-state index < -0.39 is 0 Å². The Labute approximate surface area is 150 Å². The van der Waals surface area contributed by atoms with Crippen molar-refractivity contribution >= 4 is 17.2 Å². The SMILES string of the molecule is CCCN(CCN1CCN(CC)CC1)C(=O)c1sc(C)cc1OC. The van der Waals surface area contributed by atoms with E-state index in [0.29, 0.717) is 5.75 Å². The zero-order valence-electron chi connectivity index (χ0n) is 15.5. The highest BCUT2D eigenvalue weighted by atomic mass is 32.1. The van der Waals surface area contributed by atoms with Crippen molar-refractivity contribution in [1.29, 1.82) is 0 Å². The fourth-order valence-corrected chi connectivity index (χ4v) is 4.06. The number of hydrogen-bond acceptors (Lipinski definition) is 5. The summed E-state index contributed by atoms with van der Waals surface area (Å²) in [5, 5.41) is 0. The highest BCUT2D eigenvalue weighted by Crippen LogP contribution is 2.29. The number of carbonyl (C=O) groups is 1. The molecule has 24 heavy (non-hydrogen) atoms. The fraction of sp³-hybridized carbons (Fsp3) is 0.722. The number of amides is 1. The van der Waals surface area contributed by atoms with Crippen LogP contribution >= 0.6 is 11.3 Å². The van der Waals surface area contributed by atoms with Crippen molar-refractivity contribution in [2.24, 2.45) is 0 Å². The van der Waals surface area contributed by atoms with Crippen LogP contribution in [0, 0.1) is 6.92 Å². The van der Waals surface area contributed by atoms with Gasteiger partial charge in [0.05, 0.1) is 7.11 Å². The van der Waals surface area contributed by atoms with E-state index in [2.05, 4.69) is 23.6 Å². The van der Waals surface area contributed by atoms with Gasteiger partial charge in [-0.1, -0.05) is 13.8 Å². The van der Waals surface area contributed by atoms with E-state index in [1.807, 2.05) is 17.9 Å². The van der Waals surface area contributed by atoms with Gasteiger partial charge in [0.15, 0.2) is 0 Å². The third kappa shape index (κ3) is 4.94. The second-order valence-electron chi connectivity index (χ2n) is 6.32. The summed E-state index contributed by atoms with van der Waals surface area (Å²) in [7, 11) is 1.63. The molecule has 0 bridgehead atoms. The summed E-state index contributed by atoms with van der Waals surface area (Å²) < 4.78 is 5.38. The Balaban J connectivity index is 1.94. The number of ether oxygens (including phenoxy) is 1. The molecule has 136 valence electrons. The van der Waals surface area contributed by atoms with Crippen LogP contribution < -0.4 is 4.74 Å². The van der Waals surface area contributed by atoms with Gasteiger partial charge in [-0.15, -0.1) is 11.3 Å². The standard InChI is InChI=1S/C18H31N3O2S/c1-5-7-21(13-12-20-10-8-19(6-2)9-11-20)18(22)17-16(23-4)14-15(3)24-17/h14H,5-13H2,1-4H3. The van der Waals surface area contributed by atoms with Crippen LogP contribution in [0.2, 0.25) is 0 Å². The van der Waals surface area contributed by atoms with Crippen LogP contribution in [0.4, 0.5) is 0 Å². The Morgan fingerprint density at radius 1 is 1.21 bits per heavy atom. The first-order valence-electron chi connectivity index (χ1n) is 8.97. The van der Waals surface area contributed by atoms with Crippen LogP contribution in [-0.2, 0) is 0 Å². The van der Waals surface area contributed by atoms with Crippen LogP contribution in [0.15, 0.2) is 6.07 Å². The molecule has 1 aliphatic heterocycles. The predicted octanol–water partition coefficient (Wildman–Crippen LogP) is 2.55. The van der Waals surface area contributed by atoms with Gasteiger partial charge in [-0.25, -0.2) is 0 Å². The molecule has 2 rings (SSSR count). The van der Waals surface area contributed by atoms with Crippen molar-refractivity contribution in [1.82, 2.24) is 14.7 Å². The molecular weight excluding hydrogens is 322 g/mol. The van der Waals surface area contributed by atoms with Crippen LogP contribution in [0.25, 0.3) is 0 Å². The van der Waals surface area contributed by atoms with Crippen molar-refractivity contribution in [2.45, 2.75) is 27.2 Å². The van der Waals surface area contributed by atoms with Gasteiger partial charge in [0.25, 0.3) is 5.91 Å². The molecule has 1 fully saturated rings. The number of likely N-dealkylation sites (N-methyl/N-ethyl adjacent to an activating group) is 1. The fourth-order valence-electron chi connectivity index (χ4n) is 3.11. The number of methoxy groups -OCH3 is 1. The largest absolute Gasteiger partial charge is 0.495 e. The van der Waals surface area contributed by atoms with E-state index in [1.54, 1.807) is 7.11 Å². The van der Waals surface area contributed by atoms with Crippen LogP contribution in [0.1, 0.15) is 34.8 Å². The Morgan fingerprint density at radius 2 is 1.88 bits per heavy atom. The zero-order chi connectivity index (χ0) is 17.5. The molecule has 0 aromatic carbocycles. The number of carbonyl (C=O) groups excluding carboxylic acids is 1. The van der Waals surface area contributed by atoms with E-state index in [-0.39, 0.29) is 5.91 Å². The number of aryl methyl sites for hydroxylation is 1. The maximum atomic E-state index is 12.9. The molecule has 0 unspecified atom stereocenters. The van der Waals surface area contributed by atoms with Gasteiger partial charge in [0.2, 0.25) is 0 Å². The number of rotatable bonds is 8. The second kappa shape index (κ2) is 9.39. The lowest BCUT2D eigenvalue weighted by Gasteiger charge is -2.35. The first-order valence-corrected chi connectivity index (χ1v) is 9.79. The van der Waals surface area contributed by atoms with Crippen molar-refractivity contribution in [2.75, 3.05) is 59.5 Å². The molecule has 1 aromatic rings. The molecule has 0 radical (unpaired) electrons. The van der Waals surface area contributed by atoms with E-state index in [9.17, 15) is 4.79 Å². The summed E-state index contributed by atoms with van der Waals surface area (Å²) in [5.74, 6) is 0.819. The average molecular weight is 354 g/mol. The number of nitrogens with zero attached hydrogens (tertiary/aromatic N) is 3. The minimum Gasteiger partial charge on any atom is -0.495 e. The summed E-state index contributed by atoms with van der Waals surface area (Å²) in [6, 6.07) is 1.95. The van der Waals surface area contributed by atoms with Crippen molar-refractivity contribution in [3.63, 3.8) is 0 Å². The molecule has 1 aliphatic rings. The minimum atomic E-state index is 0.110. The van der Waals surface area contributed by atoms with Gasteiger partial charge in [0, 0.05) is 50.7 Å². The van der Waals surface area contributed by atoms with Crippen LogP contribution in [-0.4, -0.2) is 80.1 Å². The van der Waals surface area contributed by atoms with E-state index >= 15 is 0 Å². The Hall–Kier alpha value is -1.11. The molecular formula is C18H31N3O2S. The Bertz CT molecular complexity index is 524. The lowest BCUT2D eigenvalue weighted by Crippen LogP contribution is -2.48. The molecule has 6 heteroatoms.